The number of amides is 1. The van der Waals surface area contributed by atoms with E-state index in [1.165, 1.54) is 23.5 Å². The number of nitrogens with one attached hydrogen (secondary N) is 1. The number of aromatic hydroxyl groups is 1. The number of hydrogen-bond donors (Lipinski definition) is 2. The molecule has 1 saturated heterocycles. The molecule has 3 rings (SSSR count). The number of ether oxygens (including phenoxy) is 2. The lowest BCUT2D eigenvalue weighted by Gasteiger charge is -2.21. The summed E-state index contributed by atoms with van der Waals surface area (Å²) in [5.74, 6) is 2.21. The highest BCUT2D eigenvalue weighted by molar-refractivity contribution is 8.16. The largest absolute Gasteiger partial charge is 0.507 e. The highest BCUT2D eigenvalue weighted by atomic mass is 32.2. The number of phenolic OH excluding ortho intramolecular Hbond substituents is 1. The lowest BCUT2D eigenvalue weighted by molar-refractivity contribution is -0.150. The molecule has 6 nitrogen and oxygen atoms in total. The molecule has 0 spiro atoms. The van der Waals surface area contributed by atoms with Crippen LogP contribution in [0.3, 0.4) is 0 Å². The number of aryl methyl sites for hydroxylation is 2. The second kappa shape index (κ2) is 11.3. The van der Waals surface area contributed by atoms with Gasteiger partial charge >= 0.3 is 5.97 Å². The number of esters is 1. The Hall–Kier alpha value is -2.32. The van der Waals surface area contributed by atoms with Gasteiger partial charge in [-0.15, -0.1) is 23.5 Å². The third-order valence-electron chi connectivity index (χ3n) is 4.74. The minimum Gasteiger partial charge on any atom is -0.507 e. The fraction of sp³-hybridized carbons (Fsp3) is 0.391. The standard InChI is InChI=1S/C23H27NO5S2/c1-15-10-17(11-16(2)22(15)27)12-24-20(25)13-29-21(26)14-28-19-6-4-18(5-7-19)23-30-8-3-9-31-23/h4-7,10-11,23,27H,3,8-9,12-14H2,1-2H3,(H,24,25). The predicted octanol–water partition coefficient (Wildman–Crippen LogP) is 4.12. The van der Waals surface area contributed by atoms with Crippen LogP contribution in [0.15, 0.2) is 36.4 Å². The van der Waals surface area contributed by atoms with E-state index in [9.17, 15) is 14.7 Å². The molecule has 1 heterocycles. The van der Waals surface area contributed by atoms with Crippen LogP contribution >= 0.6 is 23.5 Å². The highest BCUT2D eigenvalue weighted by Crippen LogP contribution is 2.43. The van der Waals surface area contributed by atoms with Crippen LogP contribution in [0.5, 0.6) is 11.5 Å². The molecule has 2 N–H and O–H groups in total. The zero-order valence-corrected chi connectivity index (χ0v) is 19.3. The van der Waals surface area contributed by atoms with Crippen molar-refractivity contribution in [2.45, 2.75) is 31.4 Å². The SMILES string of the molecule is Cc1cc(CNC(=O)COC(=O)COc2ccc(C3SCCCS3)cc2)cc(C)c1O. The highest BCUT2D eigenvalue weighted by Gasteiger charge is 2.16. The molecule has 1 amide bonds. The molecule has 166 valence electrons. The molecule has 1 aliphatic rings. The first kappa shape index (κ1) is 23.3. The normalized spacial score (nSPS) is 14.1. The Labute approximate surface area is 191 Å². The zero-order valence-electron chi connectivity index (χ0n) is 17.7. The molecule has 8 heteroatoms. The van der Waals surface area contributed by atoms with Crippen LogP contribution in [0.4, 0.5) is 0 Å². The number of rotatable bonds is 8. The summed E-state index contributed by atoms with van der Waals surface area (Å²) in [4.78, 5) is 23.8. The number of carbonyl (C=O) groups is 2. The van der Waals surface area contributed by atoms with Crippen LogP contribution in [-0.2, 0) is 20.9 Å². The van der Waals surface area contributed by atoms with E-state index in [0.29, 0.717) is 16.9 Å². The second-order valence-electron chi connectivity index (χ2n) is 7.30. The van der Waals surface area contributed by atoms with Crippen LogP contribution < -0.4 is 10.1 Å². The molecule has 0 atom stereocenters. The van der Waals surface area contributed by atoms with Gasteiger partial charge < -0.3 is 19.9 Å². The molecule has 0 unspecified atom stereocenters. The fourth-order valence-electron chi connectivity index (χ4n) is 3.13. The minimum absolute atomic E-state index is 0.254. The minimum atomic E-state index is -0.603. The van der Waals surface area contributed by atoms with Crippen LogP contribution in [0.2, 0.25) is 0 Å². The maximum Gasteiger partial charge on any atom is 0.344 e. The average Bonchev–Trinajstić information content (AvgIpc) is 2.79. The van der Waals surface area contributed by atoms with Crippen molar-refractivity contribution in [3.8, 4) is 11.5 Å². The molecule has 0 radical (unpaired) electrons. The zero-order chi connectivity index (χ0) is 22.2. The Morgan fingerprint density at radius 1 is 1.06 bits per heavy atom. The summed E-state index contributed by atoms with van der Waals surface area (Å²) in [7, 11) is 0. The van der Waals surface area contributed by atoms with Crippen LogP contribution in [0, 0.1) is 13.8 Å². The van der Waals surface area contributed by atoms with Crippen molar-refractivity contribution >= 4 is 35.4 Å². The summed E-state index contributed by atoms with van der Waals surface area (Å²) in [6.45, 7) is 3.27. The van der Waals surface area contributed by atoms with Crippen molar-refractivity contribution in [2.24, 2.45) is 0 Å². The van der Waals surface area contributed by atoms with Crippen LogP contribution in [-0.4, -0.2) is 41.7 Å². The van der Waals surface area contributed by atoms with E-state index in [0.717, 1.165) is 16.7 Å². The Balaban J connectivity index is 1.36. The van der Waals surface area contributed by atoms with E-state index < -0.39 is 11.9 Å². The number of carbonyl (C=O) groups excluding carboxylic acids is 2. The number of phenols is 1. The molecular weight excluding hydrogens is 434 g/mol. The van der Waals surface area contributed by atoms with Gasteiger partial charge in [0.1, 0.15) is 11.5 Å². The Kier molecular flexibility index (Phi) is 8.54. The summed E-state index contributed by atoms with van der Waals surface area (Å²) in [6.07, 6.45) is 1.25. The van der Waals surface area contributed by atoms with Crippen molar-refractivity contribution in [3.63, 3.8) is 0 Å². The van der Waals surface area contributed by atoms with Crippen molar-refractivity contribution in [2.75, 3.05) is 24.7 Å². The van der Waals surface area contributed by atoms with Gasteiger partial charge in [0.2, 0.25) is 0 Å². The summed E-state index contributed by atoms with van der Waals surface area (Å²) in [6, 6.07) is 11.4. The van der Waals surface area contributed by atoms with Gasteiger partial charge in [-0.3, -0.25) is 4.79 Å². The molecular formula is C23H27NO5S2. The molecule has 0 bridgehead atoms. The lowest BCUT2D eigenvalue weighted by Crippen LogP contribution is -2.29. The van der Waals surface area contributed by atoms with E-state index in [2.05, 4.69) is 5.32 Å². The van der Waals surface area contributed by atoms with Gasteiger partial charge in [-0.2, -0.15) is 0 Å². The fourth-order valence-corrected chi connectivity index (χ4v) is 6.03. The third kappa shape index (κ3) is 7.11. The van der Waals surface area contributed by atoms with Crippen LogP contribution in [0.1, 0.15) is 33.3 Å². The Bertz CT molecular complexity index is 888. The molecule has 31 heavy (non-hydrogen) atoms. The maximum atomic E-state index is 11.9. The van der Waals surface area contributed by atoms with Crippen molar-refractivity contribution in [1.82, 2.24) is 5.32 Å². The van der Waals surface area contributed by atoms with Gasteiger partial charge in [0.05, 0.1) is 4.58 Å². The van der Waals surface area contributed by atoms with Gasteiger partial charge in [-0.05, 0) is 66.2 Å². The van der Waals surface area contributed by atoms with Crippen molar-refractivity contribution < 1.29 is 24.2 Å². The van der Waals surface area contributed by atoms with E-state index >= 15 is 0 Å². The molecule has 1 aliphatic heterocycles. The number of thioether (sulfide) groups is 2. The molecule has 0 saturated carbocycles. The van der Waals surface area contributed by atoms with E-state index in [-0.39, 0.29) is 19.0 Å². The van der Waals surface area contributed by atoms with Gasteiger partial charge in [-0.25, -0.2) is 4.79 Å². The Morgan fingerprint density at radius 3 is 2.35 bits per heavy atom. The average molecular weight is 462 g/mol. The summed E-state index contributed by atoms with van der Waals surface area (Å²) in [5, 5.41) is 12.5. The topological polar surface area (TPSA) is 84.9 Å². The molecule has 0 aromatic heterocycles. The monoisotopic (exact) mass is 461 g/mol. The van der Waals surface area contributed by atoms with Crippen molar-refractivity contribution in [1.29, 1.82) is 0 Å². The number of hydrogen-bond acceptors (Lipinski definition) is 7. The van der Waals surface area contributed by atoms with E-state index in [4.69, 9.17) is 9.47 Å². The van der Waals surface area contributed by atoms with Gasteiger partial charge in [0, 0.05) is 6.54 Å². The van der Waals surface area contributed by atoms with Gasteiger partial charge in [0.15, 0.2) is 13.2 Å². The van der Waals surface area contributed by atoms with Gasteiger partial charge in [-0.1, -0.05) is 24.3 Å². The molecule has 1 fully saturated rings. The summed E-state index contributed by atoms with van der Waals surface area (Å²) < 4.78 is 10.9. The third-order valence-corrected chi connectivity index (χ3v) is 7.76. The molecule has 2 aromatic rings. The maximum absolute atomic E-state index is 11.9. The first-order chi connectivity index (χ1) is 14.9. The quantitative estimate of drug-likeness (QED) is 0.572. The summed E-state index contributed by atoms with van der Waals surface area (Å²) >= 11 is 3.91. The second-order valence-corrected chi connectivity index (χ2v) is 10.0. The van der Waals surface area contributed by atoms with Gasteiger partial charge in [0.25, 0.3) is 5.91 Å². The first-order valence-corrected chi connectivity index (χ1v) is 12.2. The molecule has 0 aliphatic carbocycles. The smallest absolute Gasteiger partial charge is 0.344 e. The van der Waals surface area contributed by atoms with E-state index in [1.807, 2.05) is 47.8 Å². The first-order valence-electron chi connectivity index (χ1n) is 10.1. The van der Waals surface area contributed by atoms with E-state index in [1.54, 1.807) is 26.0 Å². The Morgan fingerprint density at radius 2 is 1.71 bits per heavy atom. The summed E-state index contributed by atoms with van der Waals surface area (Å²) in [5.41, 5.74) is 3.61. The molecule has 2 aromatic carbocycles. The van der Waals surface area contributed by atoms with Crippen molar-refractivity contribution in [3.05, 3.63) is 58.7 Å². The van der Waals surface area contributed by atoms with Crippen LogP contribution in [0.25, 0.3) is 0 Å². The predicted molar refractivity (Wildman–Crippen MR) is 125 cm³/mol. The lowest BCUT2D eigenvalue weighted by atomic mass is 10.1. The number of benzene rings is 2.